The van der Waals surface area contributed by atoms with Crippen LogP contribution >= 0.6 is 0 Å². The SMILES string of the molecule is CC1CC(=O)[C@]2(O)c3ccccc3C[C@H]12. The molecule has 0 amide bonds. The first kappa shape index (κ1) is 9.10. The molecular weight excluding hydrogens is 188 g/mol. The van der Waals surface area contributed by atoms with E-state index in [2.05, 4.69) is 6.92 Å². The van der Waals surface area contributed by atoms with Gasteiger partial charge < -0.3 is 5.11 Å². The molecule has 0 spiro atoms. The summed E-state index contributed by atoms with van der Waals surface area (Å²) in [5.41, 5.74) is 0.824. The van der Waals surface area contributed by atoms with Gasteiger partial charge in [0.05, 0.1) is 0 Å². The minimum absolute atomic E-state index is 0.00458. The number of carbonyl (C=O) groups is 1. The molecule has 0 radical (unpaired) electrons. The zero-order valence-corrected chi connectivity index (χ0v) is 8.73. The Hall–Kier alpha value is -1.15. The molecule has 0 aliphatic heterocycles. The van der Waals surface area contributed by atoms with Crippen LogP contribution < -0.4 is 0 Å². The largest absolute Gasteiger partial charge is 0.377 e. The first-order valence-electron chi connectivity index (χ1n) is 5.48. The summed E-state index contributed by atoms with van der Waals surface area (Å²) in [5.74, 6) is 0.405. The molecule has 3 rings (SSSR count). The van der Waals surface area contributed by atoms with Gasteiger partial charge in [-0.2, -0.15) is 0 Å². The van der Waals surface area contributed by atoms with Crippen molar-refractivity contribution in [1.29, 1.82) is 0 Å². The van der Waals surface area contributed by atoms with Gasteiger partial charge in [0.1, 0.15) is 0 Å². The molecule has 1 unspecified atom stereocenters. The highest BCUT2D eigenvalue weighted by atomic mass is 16.3. The lowest BCUT2D eigenvalue weighted by Gasteiger charge is -2.23. The highest BCUT2D eigenvalue weighted by Crippen LogP contribution is 2.51. The van der Waals surface area contributed by atoms with Gasteiger partial charge in [0, 0.05) is 12.3 Å². The van der Waals surface area contributed by atoms with E-state index in [1.807, 2.05) is 24.3 Å². The molecule has 1 aromatic carbocycles. The molecule has 2 aliphatic rings. The average Bonchev–Trinajstić information content (AvgIpc) is 2.64. The number of ketones is 1. The zero-order valence-electron chi connectivity index (χ0n) is 8.73. The average molecular weight is 202 g/mol. The lowest BCUT2D eigenvalue weighted by molar-refractivity contribution is -0.136. The van der Waals surface area contributed by atoms with Gasteiger partial charge in [-0.1, -0.05) is 31.2 Å². The van der Waals surface area contributed by atoms with Crippen molar-refractivity contribution in [3.8, 4) is 0 Å². The van der Waals surface area contributed by atoms with E-state index in [1.165, 1.54) is 0 Å². The number of fused-ring (bicyclic) bond motifs is 3. The van der Waals surface area contributed by atoms with Crippen LogP contribution in [0.15, 0.2) is 24.3 Å². The van der Waals surface area contributed by atoms with E-state index >= 15 is 0 Å². The van der Waals surface area contributed by atoms with Crippen molar-refractivity contribution in [2.75, 3.05) is 0 Å². The summed E-state index contributed by atoms with van der Waals surface area (Å²) in [6, 6.07) is 7.78. The smallest absolute Gasteiger partial charge is 0.169 e. The number of hydrogen-bond acceptors (Lipinski definition) is 2. The minimum Gasteiger partial charge on any atom is -0.377 e. The van der Waals surface area contributed by atoms with Crippen LogP contribution in [0.5, 0.6) is 0 Å². The molecule has 15 heavy (non-hydrogen) atoms. The van der Waals surface area contributed by atoms with Crippen LogP contribution in [0.2, 0.25) is 0 Å². The quantitative estimate of drug-likeness (QED) is 0.694. The van der Waals surface area contributed by atoms with Crippen molar-refractivity contribution >= 4 is 5.78 Å². The van der Waals surface area contributed by atoms with Crippen molar-refractivity contribution in [2.24, 2.45) is 11.8 Å². The Morgan fingerprint density at radius 3 is 2.87 bits per heavy atom. The van der Waals surface area contributed by atoms with Crippen LogP contribution in [0.4, 0.5) is 0 Å². The summed E-state index contributed by atoms with van der Waals surface area (Å²) in [7, 11) is 0. The van der Waals surface area contributed by atoms with Crippen LogP contribution in [0.1, 0.15) is 24.5 Å². The third kappa shape index (κ3) is 0.953. The summed E-state index contributed by atoms with van der Waals surface area (Å²) in [6.07, 6.45) is 1.37. The van der Waals surface area contributed by atoms with E-state index in [4.69, 9.17) is 0 Å². The Morgan fingerprint density at radius 2 is 2.07 bits per heavy atom. The van der Waals surface area contributed by atoms with E-state index in [0.29, 0.717) is 12.3 Å². The molecule has 0 heterocycles. The van der Waals surface area contributed by atoms with Crippen LogP contribution in [0.3, 0.4) is 0 Å². The Morgan fingerprint density at radius 1 is 1.33 bits per heavy atom. The fraction of sp³-hybridized carbons (Fsp3) is 0.462. The number of Topliss-reactive ketones (excluding diaryl/α,β-unsaturated/α-hetero) is 1. The van der Waals surface area contributed by atoms with E-state index in [9.17, 15) is 9.90 Å². The molecule has 2 nitrogen and oxygen atoms in total. The Balaban J connectivity index is 2.21. The zero-order chi connectivity index (χ0) is 10.6. The van der Waals surface area contributed by atoms with Gasteiger partial charge >= 0.3 is 0 Å². The summed E-state index contributed by atoms with van der Waals surface area (Å²) >= 11 is 0. The van der Waals surface area contributed by atoms with Gasteiger partial charge in [-0.3, -0.25) is 4.79 Å². The standard InChI is InChI=1S/C13H14O2/c1-8-6-12(14)13(15)10-5-3-2-4-9(10)7-11(8)13/h2-5,8,11,15H,6-7H2,1H3/t8?,11-,13+/m1/s1. The molecule has 1 fully saturated rings. The second-order valence-electron chi connectivity index (χ2n) is 4.84. The molecule has 78 valence electrons. The minimum atomic E-state index is -1.17. The lowest BCUT2D eigenvalue weighted by Crippen LogP contribution is -2.34. The van der Waals surface area contributed by atoms with Gasteiger partial charge in [-0.05, 0) is 23.5 Å². The molecule has 2 heteroatoms. The van der Waals surface area contributed by atoms with E-state index in [-0.39, 0.29) is 11.7 Å². The summed E-state index contributed by atoms with van der Waals surface area (Å²) in [4.78, 5) is 11.9. The second-order valence-corrected chi connectivity index (χ2v) is 4.84. The number of carbonyl (C=O) groups excluding carboxylic acids is 1. The maximum Gasteiger partial charge on any atom is 0.169 e. The molecular formula is C13H14O2. The topological polar surface area (TPSA) is 37.3 Å². The molecule has 1 saturated carbocycles. The Kier molecular flexibility index (Phi) is 1.64. The lowest BCUT2D eigenvalue weighted by atomic mass is 9.87. The predicted molar refractivity (Wildman–Crippen MR) is 56.3 cm³/mol. The molecule has 0 bridgehead atoms. The van der Waals surface area contributed by atoms with Gasteiger partial charge in [-0.15, -0.1) is 0 Å². The van der Waals surface area contributed by atoms with Crippen LogP contribution in [0, 0.1) is 11.8 Å². The van der Waals surface area contributed by atoms with Gasteiger partial charge in [0.15, 0.2) is 11.4 Å². The maximum absolute atomic E-state index is 11.9. The molecule has 1 N–H and O–H groups in total. The van der Waals surface area contributed by atoms with Crippen LogP contribution in [-0.4, -0.2) is 10.9 Å². The van der Waals surface area contributed by atoms with Crippen molar-refractivity contribution in [3.05, 3.63) is 35.4 Å². The van der Waals surface area contributed by atoms with Crippen molar-refractivity contribution in [3.63, 3.8) is 0 Å². The number of benzene rings is 1. The van der Waals surface area contributed by atoms with Gasteiger partial charge in [0.2, 0.25) is 0 Å². The highest BCUT2D eigenvalue weighted by Gasteiger charge is 2.57. The highest BCUT2D eigenvalue weighted by molar-refractivity contribution is 5.92. The first-order valence-corrected chi connectivity index (χ1v) is 5.48. The van der Waals surface area contributed by atoms with E-state index in [1.54, 1.807) is 0 Å². The van der Waals surface area contributed by atoms with E-state index < -0.39 is 5.60 Å². The maximum atomic E-state index is 11.9. The fourth-order valence-corrected chi connectivity index (χ4v) is 3.21. The number of hydrogen-bond donors (Lipinski definition) is 1. The molecule has 3 atom stereocenters. The van der Waals surface area contributed by atoms with E-state index in [0.717, 1.165) is 17.5 Å². The summed E-state index contributed by atoms with van der Waals surface area (Å²) in [5, 5.41) is 10.6. The molecule has 1 aromatic rings. The monoisotopic (exact) mass is 202 g/mol. The Labute approximate surface area is 88.9 Å². The fourth-order valence-electron chi connectivity index (χ4n) is 3.21. The normalized spacial score (nSPS) is 37.9. The molecule has 0 aromatic heterocycles. The number of rotatable bonds is 0. The van der Waals surface area contributed by atoms with Gasteiger partial charge in [0.25, 0.3) is 0 Å². The second kappa shape index (κ2) is 2.70. The Bertz CT molecular complexity index is 438. The van der Waals surface area contributed by atoms with Crippen LogP contribution in [-0.2, 0) is 16.8 Å². The van der Waals surface area contributed by atoms with Crippen LogP contribution in [0.25, 0.3) is 0 Å². The van der Waals surface area contributed by atoms with Gasteiger partial charge in [-0.25, -0.2) is 0 Å². The van der Waals surface area contributed by atoms with Crippen molar-refractivity contribution < 1.29 is 9.90 Å². The third-order valence-electron chi connectivity index (χ3n) is 4.02. The predicted octanol–water partition coefficient (Wildman–Crippen LogP) is 1.66. The molecule has 0 saturated heterocycles. The third-order valence-corrected chi connectivity index (χ3v) is 4.02. The van der Waals surface area contributed by atoms with Crippen molar-refractivity contribution in [1.82, 2.24) is 0 Å². The van der Waals surface area contributed by atoms with Crippen molar-refractivity contribution in [2.45, 2.75) is 25.4 Å². The summed E-state index contributed by atoms with van der Waals surface area (Å²) in [6.45, 7) is 2.06. The number of aliphatic hydroxyl groups is 1. The first-order chi connectivity index (χ1) is 7.14. The summed E-state index contributed by atoms with van der Waals surface area (Å²) < 4.78 is 0. The molecule has 2 aliphatic carbocycles.